The fourth-order valence-corrected chi connectivity index (χ4v) is 5.97. The van der Waals surface area contributed by atoms with Crippen LogP contribution in [0.5, 0.6) is 5.75 Å². The number of nitro benzene ring substituents is 1. The molecule has 11 nitrogen and oxygen atoms in total. The van der Waals surface area contributed by atoms with Crippen molar-refractivity contribution in [2.24, 2.45) is 0 Å². The summed E-state index contributed by atoms with van der Waals surface area (Å²) >= 11 is 5.91. The summed E-state index contributed by atoms with van der Waals surface area (Å²) in [5, 5.41) is 18.9. The highest BCUT2D eigenvalue weighted by molar-refractivity contribution is 7.80. The van der Waals surface area contributed by atoms with E-state index in [4.69, 9.17) is 21.7 Å². The van der Waals surface area contributed by atoms with Gasteiger partial charge in [-0.25, -0.2) is 0 Å². The van der Waals surface area contributed by atoms with Crippen molar-refractivity contribution in [2.45, 2.75) is 32.9 Å². The van der Waals surface area contributed by atoms with Crippen LogP contribution in [0.25, 0.3) is 5.69 Å². The van der Waals surface area contributed by atoms with Gasteiger partial charge in [0.25, 0.3) is 5.69 Å². The minimum Gasteiger partial charge on any atom is -0.496 e. The van der Waals surface area contributed by atoms with Gasteiger partial charge in [0.1, 0.15) is 18.0 Å². The first-order chi connectivity index (χ1) is 20.6. The second-order valence-corrected chi connectivity index (χ2v) is 10.6. The molecule has 1 fully saturated rings. The summed E-state index contributed by atoms with van der Waals surface area (Å²) in [5.74, 6) is 0.159. The third kappa shape index (κ3) is 5.66. The summed E-state index contributed by atoms with van der Waals surface area (Å²) < 4.78 is 12.1. The first kappa shape index (κ1) is 29.7. The third-order valence-electron chi connectivity index (χ3n) is 7.54. The second kappa shape index (κ2) is 12.2. The predicted octanol–water partition coefficient (Wildman–Crippen LogP) is 5.48. The number of thiocarbonyl (C=S) groups is 1. The molecule has 0 unspecified atom stereocenters. The van der Waals surface area contributed by atoms with Gasteiger partial charge >= 0.3 is 0 Å². The zero-order valence-corrected chi connectivity index (χ0v) is 25.3. The van der Waals surface area contributed by atoms with Crippen molar-refractivity contribution in [2.75, 3.05) is 31.0 Å². The van der Waals surface area contributed by atoms with Crippen molar-refractivity contribution in [1.82, 2.24) is 14.9 Å². The van der Waals surface area contributed by atoms with Crippen LogP contribution in [0.3, 0.4) is 0 Å². The maximum absolute atomic E-state index is 12.1. The molecule has 0 aliphatic carbocycles. The van der Waals surface area contributed by atoms with Crippen molar-refractivity contribution < 1.29 is 19.2 Å². The van der Waals surface area contributed by atoms with E-state index in [1.54, 1.807) is 18.3 Å². The number of rotatable bonds is 9. The monoisotopic (exact) mass is 600 g/mol. The first-order valence-corrected chi connectivity index (χ1v) is 14.0. The number of carbonyl (C=O) groups is 1. The zero-order chi connectivity index (χ0) is 30.8. The van der Waals surface area contributed by atoms with Crippen molar-refractivity contribution >= 4 is 40.3 Å². The molecule has 1 aliphatic rings. The van der Waals surface area contributed by atoms with Crippen LogP contribution in [-0.2, 0) is 9.53 Å². The SMILES string of the molecule is COCC(=O)Nc1ccc(N2C(=S)N[C@@H](c3ccccn3)[C@H]2c2cc(C)n(-c3ccc(OC)cc3[N+](=O)[O-])c2C)cc1C. The molecule has 12 heteroatoms. The van der Waals surface area contributed by atoms with Gasteiger partial charge in [-0.3, -0.25) is 19.9 Å². The summed E-state index contributed by atoms with van der Waals surface area (Å²) in [4.78, 5) is 30.5. The number of methoxy groups -OCH3 is 2. The molecular formula is C31H32N6O5S. The van der Waals surface area contributed by atoms with E-state index in [1.165, 1.54) is 20.3 Å². The number of ether oxygens (including phenoxy) is 2. The molecule has 5 rings (SSSR count). The van der Waals surface area contributed by atoms with Gasteiger partial charge in [0, 0.05) is 36.1 Å². The lowest BCUT2D eigenvalue weighted by Gasteiger charge is -2.29. The summed E-state index contributed by atoms with van der Waals surface area (Å²) in [5.41, 5.74) is 6.11. The van der Waals surface area contributed by atoms with Crippen molar-refractivity contribution in [3.8, 4) is 11.4 Å². The topological polar surface area (TPSA) is 124 Å². The van der Waals surface area contributed by atoms with Crippen LogP contribution >= 0.6 is 12.2 Å². The average Bonchev–Trinajstić information content (AvgIpc) is 3.48. The maximum atomic E-state index is 12.1. The molecule has 0 saturated carbocycles. The van der Waals surface area contributed by atoms with Gasteiger partial charge in [0.05, 0.1) is 35.9 Å². The Morgan fingerprint density at radius 3 is 2.56 bits per heavy atom. The van der Waals surface area contributed by atoms with E-state index < -0.39 is 4.92 Å². The molecular weight excluding hydrogens is 568 g/mol. The number of nitro groups is 1. The van der Waals surface area contributed by atoms with Crippen LogP contribution in [0.1, 0.15) is 40.3 Å². The van der Waals surface area contributed by atoms with Crippen LogP contribution in [0.2, 0.25) is 0 Å². The van der Waals surface area contributed by atoms with E-state index in [-0.39, 0.29) is 30.3 Å². The molecule has 1 amide bonds. The smallest absolute Gasteiger partial charge is 0.296 e. The number of carbonyl (C=O) groups excluding carboxylic acids is 1. The molecule has 2 aromatic heterocycles. The highest BCUT2D eigenvalue weighted by Gasteiger charge is 2.42. The number of pyridine rings is 1. The van der Waals surface area contributed by atoms with Gasteiger partial charge in [-0.15, -0.1) is 0 Å². The number of aryl methyl sites for hydroxylation is 2. The van der Waals surface area contributed by atoms with Crippen LogP contribution in [0.15, 0.2) is 66.9 Å². The number of nitrogens with one attached hydrogen (secondary N) is 2. The predicted molar refractivity (Wildman–Crippen MR) is 168 cm³/mol. The van der Waals surface area contributed by atoms with E-state index in [1.807, 2.05) is 72.7 Å². The van der Waals surface area contributed by atoms with Crippen LogP contribution < -0.4 is 20.3 Å². The van der Waals surface area contributed by atoms with Gasteiger partial charge in [-0.05, 0) is 92.6 Å². The van der Waals surface area contributed by atoms with E-state index in [0.717, 1.165) is 33.9 Å². The molecule has 0 spiro atoms. The lowest BCUT2D eigenvalue weighted by molar-refractivity contribution is -0.384. The molecule has 4 aromatic rings. The highest BCUT2D eigenvalue weighted by atomic mass is 32.1. The molecule has 2 N–H and O–H groups in total. The molecule has 222 valence electrons. The maximum Gasteiger partial charge on any atom is 0.296 e. The van der Waals surface area contributed by atoms with Gasteiger partial charge in [-0.2, -0.15) is 0 Å². The molecule has 1 aliphatic heterocycles. The van der Waals surface area contributed by atoms with Crippen LogP contribution in [0.4, 0.5) is 17.1 Å². The van der Waals surface area contributed by atoms with E-state index in [9.17, 15) is 14.9 Å². The Bertz CT molecular complexity index is 1710. The van der Waals surface area contributed by atoms with Crippen molar-refractivity contribution in [1.29, 1.82) is 0 Å². The minimum absolute atomic E-state index is 0.0445. The van der Waals surface area contributed by atoms with Crippen LogP contribution in [-0.4, -0.2) is 46.3 Å². The standard InChI is InChI=1S/C31H32N6O5S/c1-18-14-21(9-11-24(18)33-28(38)17-41-4)36-30(29(34-31(36)43)25-8-6-7-13-32-25)23-15-19(2)35(20(23)3)26-12-10-22(42-5)16-27(26)37(39)40/h6-16,29-30H,17H2,1-5H3,(H,33,38)(H,34,43)/t29-,30+/m0/s1. The molecule has 2 aromatic carbocycles. The Balaban J connectivity index is 1.64. The Kier molecular flexibility index (Phi) is 8.42. The van der Waals surface area contributed by atoms with Gasteiger partial charge in [0.2, 0.25) is 5.91 Å². The normalized spacial score (nSPS) is 16.2. The highest BCUT2D eigenvalue weighted by Crippen LogP contribution is 2.45. The number of benzene rings is 2. The van der Waals surface area contributed by atoms with Crippen LogP contribution in [0, 0.1) is 30.9 Å². The molecule has 1 saturated heterocycles. The summed E-state index contributed by atoms with van der Waals surface area (Å²) in [6.45, 7) is 5.74. The minimum atomic E-state index is -0.401. The fourth-order valence-electron chi connectivity index (χ4n) is 5.63. The number of amides is 1. The van der Waals surface area contributed by atoms with Gasteiger partial charge in [0.15, 0.2) is 5.11 Å². The van der Waals surface area contributed by atoms with Crippen molar-refractivity contribution in [3.05, 3.63) is 105 Å². The third-order valence-corrected chi connectivity index (χ3v) is 7.86. The number of anilines is 2. The Morgan fingerprint density at radius 1 is 1.12 bits per heavy atom. The zero-order valence-electron chi connectivity index (χ0n) is 24.5. The van der Waals surface area contributed by atoms with E-state index >= 15 is 0 Å². The van der Waals surface area contributed by atoms with E-state index in [2.05, 4.69) is 15.6 Å². The molecule has 2 atom stereocenters. The molecule has 3 heterocycles. The number of hydrogen-bond donors (Lipinski definition) is 2. The summed E-state index contributed by atoms with van der Waals surface area (Å²) in [6, 6.07) is 17.7. The first-order valence-electron chi connectivity index (χ1n) is 13.6. The lowest BCUT2D eigenvalue weighted by Crippen LogP contribution is -2.29. The number of hydrogen-bond acceptors (Lipinski definition) is 7. The lowest BCUT2D eigenvalue weighted by atomic mass is 9.96. The number of aromatic nitrogens is 2. The van der Waals surface area contributed by atoms with Gasteiger partial charge < -0.3 is 29.6 Å². The molecule has 0 radical (unpaired) electrons. The van der Waals surface area contributed by atoms with Crippen molar-refractivity contribution in [3.63, 3.8) is 0 Å². The second-order valence-electron chi connectivity index (χ2n) is 10.3. The molecule has 0 bridgehead atoms. The number of nitrogens with zero attached hydrogens (tertiary/aromatic N) is 4. The average molecular weight is 601 g/mol. The quantitative estimate of drug-likeness (QED) is 0.146. The summed E-state index contributed by atoms with van der Waals surface area (Å²) in [7, 11) is 2.95. The Labute approximate surface area is 254 Å². The Morgan fingerprint density at radius 2 is 1.91 bits per heavy atom. The fraction of sp³-hybridized carbons (Fsp3) is 0.258. The van der Waals surface area contributed by atoms with E-state index in [0.29, 0.717) is 22.2 Å². The largest absolute Gasteiger partial charge is 0.496 e. The molecule has 43 heavy (non-hydrogen) atoms. The van der Waals surface area contributed by atoms with Gasteiger partial charge in [-0.1, -0.05) is 6.07 Å². The Hall–Kier alpha value is -4.81. The summed E-state index contributed by atoms with van der Waals surface area (Å²) in [6.07, 6.45) is 1.74.